The van der Waals surface area contributed by atoms with Crippen LogP contribution in [-0.4, -0.2) is 67.1 Å². The minimum absolute atomic E-state index is 0.447. The second-order valence-corrected chi connectivity index (χ2v) is 11.1. The Morgan fingerprint density at radius 1 is 0.750 bits per heavy atom. The molecule has 1 rings (SSSR count). The minimum atomic E-state index is -2.85. The van der Waals surface area contributed by atoms with Crippen molar-refractivity contribution in [2.45, 2.75) is 53.8 Å². The van der Waals surface area contributed by atoms with E-state index in [0.29, 0.717) is 51.9 Å². The summed E-state index contributed by atoms with van der Waals surface area (Å²) in [5.74, 6) is 0. The predicted octanol–water partition coefficient (Wildman–Crippen LogP) is 1.43. The molecule has 164 valence electrons. The number of rotatable bonds is 16. The van der Waals surface area contributed by atoms with Crippen LogP contribution in [0.1, 0.15) is 47.2 Å². The molecule has 0 spiro atoms. The minimum Gasteiger partial charge on any atom is -0.373 e. The second-order valence-electron chi connectivity index (χ2n) is 5.97. The Bertz CT molecular complexity index is 527. The van der Waals surface area contributed by atoms with Gasteiger partial charge in [-0.05, 0) is 41.5 Å². The van der Waals surface area contributed by atoms with Gasteiger partial charge in [-0.2, -0.15) is 0 Å². The zero-order chi connectivity index (χ0) is 21.0. The first-order valence-corrected chi connectivity index (χ1v) is 14.1. The number of nitrogens with zero attached hydrogens (tertiary/aromatic N) is 3. The second kappa shape index (κ2) is 12.8. The fourth-order valence-corrected chi connectivity index (χ4v) is 8.06. The van der Waals surface area contributed by atoms with Crippen molar-refractivity contribution >= 4 is 17.6 Å². The van der Waals surface area contributed by atoms with Crippen LogP contribution in [0.3, 0.4) is 0 Å². The van der Waals surface area contributed by atoms with Gasteiger partial charge in [0, 0.05) is 39.6 Å². The highest BCUT2D eigenvalue weighted by Crippen LogP contribution is 2.17. The maximum Gasteiger partial charge on any atom is 0.547 e. The molecule has 1 aromatic heterocycles. The van der Waals surface area contributed by atoms with Crippen LogP contribution < -0.4 is 4.68 Å². The van der Waals surface area contributed by atoms with Gasteiger partial charge in [-0.3, -0.25) is 0 Å². The summed E-state index contributed by atoms with van der Waals surface area (Å²) in [4.78, 5) is 0. The SMILES string of the molecule is CCO[Si](Cc1c[n+](C[Si](OCC)(OCC)OCC)nn1C)(OCC)OCC. The van der Waals surface area contributed by atoms with Gasteiger partial charge in [0.15, 0.2) is 18.1 Å². The van der Waals surface area contributed by atoms with E-state index in [1.165, 1.54) is 0 Å². The van der Waals surface area contributed by atoms with Crippen molar-refractivity contribution in [1.29, 1.82) is 0 Å². The molecular formula is C17H38N3O6Si2+. The van der Waals surface area contributed by atoms with Crippen molar-refractivity contribution < 1.29 is 31.2 Å². The zero-order valence-corrected chi connectivity index (χ0v) is 20.5. The lowest BCUT2D eigenvalue weighted by Gasteiger charge is -2.27. The van der Waals surface area contributed by atoms with E-state index in [0.717, 1.165) is 5.69 Å². The predicted molar refractivity (Wildman–Crippen MR) is 108 cm³/mol. The average molecular weight is 437 g/mol. The van der Waals surface area contributed by atoms with E-state index in [2.05, 4.69) is 5.21 Å². The third-order valence-corrected chi connectivity index (χ3v) is 9.78. The Balaban J connectivity index is 3.09. The first-order valence-electron chi connectivity index (χ1n) is 10.2. The summed E-state index contributed by atoms with van der Waals surface area (Å²) in [6.45, 7) is 14.9. The molecule has 0 saturated carbocycles. The molecule has 0 amide bonds. The Labute approximate surface area is 171 Å². The highest BCUT2D eigenvalue weighted by Gasteiger charge is 2.47. The molecule has 1 aromatic rings. The van der Waals surface area contributed by atoms with E-state index in [1.807, 2.05) is 64.2 Å². The molecule has 0 aliphatic heterocycles. The maximum atomic E-state index is 5.97. The van der Waals surface area contributed by atoms with E-state index in [1.54, 1.807) is 0 Å². The van der Waals surface area contributed by atoms with Gasteiger partial charge in [0.25, 0.3) is 0 Å². The van der Waals surface area contributed by atoms with Crippen molar-refractivity contribution in [3.63, 3.8) is 0 Å². The van der Waals surface area contributed by atoms with Gasteiger partial charge in [0.05, 0.1) is 11.3 Å². The molecule has 0 N–H and O–H groups in total. The fourth-order valence-electron chi connectivity index (χ4n) is 3.03. The van der Waals surface area contributed by atoms with Crippen molar-refractivity contribution in [3.8, 4) is 0 Å². The maximum absolute atomic E-state index is 5.97. The van der Waals surface area contributed by atoms with Gasteiger partial charge in [-0.15, -0.1) is 9.36 Å². The Morgan fingerprint density at radius 2 is 1.14 bits per heavy atom. The van der Waals surface area contributed by atoms with Crippen LogP contribution in [0, 0.1) is 0 Å². The quantitative estimate of drug-likeness (QED) is 0.286. The Morgan fingerprint density at radius 3 is 1.54 bits per heavy atom. The van der Waals surface area contributed by atoms with E-state index in [-0.39, 0.29) is 0 Å². The smallest absolute Gasteiger partial charge is 0.373 e. The third kappa shape index (κ3) is 7.30. The van der Waals surface area contributed by atoms with Gasteiger partial charge < -0.3 is 26.6 Å². The normalized spacial score (nSPS) is 12.7. The molecule has 0 radical (unpaired) electrons. The molecule has 1 heterocycles. The van der Waals surface area contributed by atoms with E-state index >= 15 is 0 Å². The molecule has 0 aromatic carbocycles. The van der Waals surface area contributed by atoms with Crippen molar-refractivity contribution in [3.05, 3.63) is 11.9 Å². The van der Waals surface area contributed by atoms with Crippen LogP contribution in [0.4, 0.5) is 0 Å². The van der Waals surface area contributed by atoms with Gasteiger partial charge in [-0.1, -0.05) is 0 Å². The van der Waals surface area contributed by atoms with Crippen molar-refractivity contribution in [1.82, 2.24) is 9.90 Å². The van der Waals surface area contributed by atoms with E-state index in [9.17, 15) is 0 Å². The van der Waals surface area contributed by atoms with E-state index in [4.69, 9.17) is 26.6 Å². The standard InChI is InChI=1S/C17H38N3O6Si2/c1-8-21-27(22-9-2,23-10-3)15-17-14-20(18-19(17)7)16-28(24-11-4,25-12-5)26-13-6/h14H,8-13,15-16H2,1-7H3/q+1. The average Bonchev–Trinajstić information content (AvgIpc) is 2.95. The molecular weight excluding hydrogens is 398 g/mol. The van der Waals surface area contributed by atoms with Crippen LogP contribution in [0.15, 0.2) is 6.20 Å². The molecule has 0 saturated heterocycles. The summed E-state index contributed by atoms with van der Waals surface area (Å²) in [6, 6.07) is 0.547. The molecule has 0 unspecified atom stereocenters. The Kier molecular flexibility index (Phi) is 11.6. The molecule has 0 fully saturated rings. The first kappa shape index (κ1) is 25.4. The monoisotopic (exact) mass is 436 g/mol. The lowest BCUT2D eigenvalue weighted by Crippen LogP contribution is -2.59. The van der Waals surface area contributed by atoms with Crippen LogP contribution in [0.2, 0.25) is 0 Å². The topological polar surface area (TPSA) is 77.1 Å². The number of aromatic nitrogens is 3. The summed E-state index contributed by atoms with van der Waals surface area (Å²) in [5.41, 5.74) is 0.967. The van der Waals surface area contributed by atoms with Crippen LogP contribution in [0.25, 0.3) is 0 Å². The van der Waals surface area contributed by atoms with Gasteiger partial charge in [0.2, 0.25) is 0 Å². The summed E-state index contributed by atoms with van der Waals surface area (Å²) < 4.78 is 39.4. The van der Waals surface area contributed by atoms with Crippen molar-refractivity contribution in [2.75, 3.05) is 39.6 Å². The van der Waals surface area contributed by atoms with Crippen LogP contribution in [0.5, 0.6) is 0 Å². The van der Waals surface area contributed by atoms with Gasteiger partial charge >= 0.3 is 17.6 Å². The van der Waals surface area contributed by atoms with Crippen LogP contribution in [-0.2, 0) is 45.8 Å². The lowest BCUT2D eigenvalue weighted by molar-refractivity contribution is -0.744. The molecule has 0 bridgehead atoms. The summed E-state index contributed by atoms with van der Waals surface area (Å²) in [7, 11) is -3.76. The molecule has 9 nitrogen and oxygen atoms in total. The van der Waals surface area contributed by atoms with Crippen molar-refractivity contribution in [2.24, 2.45) is 7.05 Å². The number of aryl methyl sites for hydroxylation is 1. The first-order chi connectivity index (χ1) is 13.4. The summed E-state index contributed by atoms with van der Waals surface area (Å²) in [5, 5.41) is 4.59. The highest BCUT2D eigenvalue weighted by molar-refractivity contribution is 6.60. The molecule has 11 heteroatoms. The highest BCUT2D eigenvalue weighted by atomic mass is 28.4. The van der Waals surface area contributed by atoms with E-state index < -0.39 is 17.6 Å². The number of hydrogen-bond donors (Lipinski definition) is 0. The fraction of sp³-hybridized carbons (Fsp3) is 0.882. The number of hydrogen-bond acceptors (Lipinski definition) is 7. The molecule has 0 aliphatic rings. The molecule has 0 aliphatic carbocycles. The van der Waals surface area contributed by atoms with Crippen LogP contribution >= 0.6 is 0 Å². The zero-order valence-electron chi connectivity index (χ0n) is 18.5. The summed E-state index contributed by atoms with van der Waals surface area (Å²) in [6.07, 6.45) is 2.42. The third-order valence-electron chi connectivity index (χ3n) is 3.90. The Hall–Kier alpha value is -0.666. The molecule has 28 heavy (non-hydrogen) atoms. The summed E-state index contributed by atoms with van der Waals surface area (Å²) >= 11 is 0. The van der Waals surface area contributed by atoms with Gasteiger partial charge in [0.1, 0.15) is 7.05 Å². The van der Waals surface area contributed by atoms with Gasteiger partial charge in [-0.25, -0.2) is 0 Å². The largest absolute Gasteiger partial charge is 0.547 e. The molecule has 0 atom stereocenters. The lowest BCUT2D eigenvalue weighted by atomic mass is 10.5.